The Bertz CT molecular complexity index is 1100. The number of hydrogen-bond acceptors (Lipinski definition) is 3. The van der Waals surface area contributed by atoms with Crippen LogP contribution in [0.15, 0.2) is 59.5 Å². The summed E-state index contributed by atoms with van der Waals surface area (Å²) in [5.41, 5.74) is 2.21. The largest absolute Gasteiger partial charge is 0.292 e. The molecule has 5 nitrogen and oxygen atoms in total. The van der Waals surface area contributed by atoms with Gasteiger partial charge in [-0.2, -0.15) is 10.2 Å². The van der Waals surface area contributed by atoms with Crippen molar-refractivity contribution >= 4 is 34.1 Å². The summed E-state index contributed by atoms with van der Waals surface area (Å²) in [5, 5.41) is 12.6. The first-order chi connectivity index (χ1) is 11.6. The molecule has 2 aromatic heterocycles. The van der Waals surface area contributed by atoms with Crippen LogP contribution in [0.2, 0.25) is 10.0 Å². The molecular formula is C17H10Cl2N4O. The fourth-order valence-electron chi connectivity index (χ4n) is 2.61. The Balaban J connectivity index is 2.12. The highest BCUT2D eigenvalue weighted by Gasteiger charge is 2.18. The lowest BCUT2D eigenvalue weighted by atomic mass is 10.1. The van der Waals surface area contributed by atoms with E-state index in [1.807, 2.05) is 30.3 Å². The van der Waals surface area contributed by atoms with Crippen molar-refractivity contribution in [3.8, 4) is 16.9 Å². The van der Waals surface area contributed by atoms with Crippen LogP contribution in [0.5, 0.6) is 0 Å². The number of nitrogens with zero attached hydrogens (tertiary/aromatic N) is 3. The Kier molecular flexibility index (Phi) is 3.59. The van der Waals surface area contributed by atoms with Crippen molar-refractivity contribution < 1.29 is 0 Å². The minimum absolute atomic E-state index is 0.301. The van der Waals surface area contributed by atoms with Gasteiger partial charge in [-0.25, -0.2) is 9.78 Å². The summed E-state index contributed by atoms with van der Waals surface area (Å²) in [6.45, 7) is 0. The summed E-state index contributed by atoms with van der Waals surface area (Å²) >= 11 is 12.3. The van der Waals surface area contributed by atoms with Crippen molar-refractivity contribution in [3.63, 3.8) is 0 Å². The highest BCUT2D eigenvalue weighted by Crippen LogP contribution is 2.32. The van der Waals surface area contributed by atoms with Crippen LogP contribution in [0.1, 0.15) is 0 Å². The highest BCUT2D eigenvalue weighted by atomic mass is 35.5. The molecule has 0 radical (unpaired) electrons. The molecule has 0 bridgehead atoms. The maximum Gasteiger partial charge on any atom is 0.292 e. The van der Waals surface area contributed by atoms with Gasteiger partial charge in [0, 0.05) is 10.6 Å². The van der Waals surface area contributed by atoms with Gasteiger partial charge < -0.3 is 0 Å². The molecule has 0 fully saturated rings. The van der Waals surface area contributed by atoms with Crippen LogP contribution in [-0.4, -0.2) is 20.0 Å². The molecule has 2 aromatic carbocycles. The average Bonchev–Trinajstić information content (AvgIpc) is 2.97. The number of aromatic amines is 1. The third-order valence-corrected chi connectivity index (χ3v) is 4.27. The maximum absolute atomic E-state index is 12.1. The van der Waals surface area contributed by atoms with Crippen LogP contribution in [0.25, 0.3) is 27.8 Å². The zero-order valence-corrected chi connectivity index (χ0v) is 13.7. The van der Waals surface area contributed by atoms with Crippen LogP contribution in [0.4, 0.5) is 0 Å². The van der Waals surface area contributed by atoms with E-state index in [2.05, 4.69) is 15.3 Å². The van der Waals surface area contributed by atoms with E-state index in [4.69, 9.17) is 23.2 Å². The summed E-state index contributed by atoms with van der Waals surface area (Å²) in [6.07, 6.45) is 1.58. The van der Waals surface area contributed by atoms with Crippen LogP contribution in [0.3, 0.4) is 0 Å². The molecule has 0 unspecified atom stereocenters. The third kappa shape index (κ3) is 2.38. The second kappa shape index (κ2) is 5.78. The molecule has 0 saturated carbocycles. The smallest absolute Gasteiger partial charge is 0.265 e. The zero-order chi connectivity index (χ0) is 16.7. The summed E-state index contributed by atoms with van der Waals surface area (Å²) in [6, 6.07) is 14.6. The molecule has 0 aliphatic rings. The van der Waals surface area contributed by atoms with E-state index in [0.717, 1.165) is 11.3 Å². The minimum Gasteiger partial charge on any atom is -0.265 e. The monoisotopic (exact) mass is 356 g/mol. The topological polar surface area (TPSA) is 63.6 Å². The number of benzene rings is 2. The van der Waals surface area contributed by atoms with Crippen molar-refractivity contribution in [1.29, 1.82) is 0 Å². The lowest BCUT2D eigenvalue weighted by Crippen LogP contribution is -2.07. The van der Waals surface area contributed by atoms with Gasteiger partial charge in [0.2, 0.25) is 0 Å². The van der Waals surface area contributed by atoms with E-state index in [1.54, 1.807) is 29.1 Å². The first-order valence-corrected chi connectivity index (χ1v) is 7.88. The molecule has 0 aliphatic carbocycles. The van der Waals surface area contributed by atoms with Gasteiger partial charge in [-0.05, 0) is 24.3 Å². The van der Waals surface area contributed by atoms with Gasteiger partial charge >= 0.3 is 0 Å². The van der Waals surface area contributed by atoms with Gasteiger partial charge in [0.15, 0.2) is 5.52 Å². The van der Waals surface area contributed by atoms with Gasteiger partial charge in [0.1, 0.15) is 0 Å². The first kappa shape index (κ1) is 14.9. The second-order valence-electron chi connectivity index (χ2n) is 5.18. The maximum atomic E-state index is 12.1. The van der Waals surface area contributed by atoms with Gasteiger partial charge in [-0.3, -0.25) is 4.79 Å². The molecule has 4 aromatic rings. The molecule has 4 rings (SSSR count). The zero-order valence-electron chi connectivity index (χ0n) is 12.2. The lowest BCUT2D eigenvalue weighted by Gasteiger charge is -2.09. The van der Waals surface area contributed by atoms with Crippen molar-refractivity contribution in [2.45, 2.75) is 0 Å². The van der Waals surface area contributed by atoms with Crippen molar-refractivity contribution in [2.24, 2.45) is 0 Å². The van der Waals surface area contributed by atoms with Gasteiger partial charge in [-0.1, -0.05) is 47.5 Å². The molecule has 0 spiro atoms. The van der Waals surface area contributed by atoms with Gasteiger partial charge in [0.05, 0.1) is 28.0 Å². The van der Waals surface area contributed by atoms with Crippen LogP contribution >= 0.6 is 23.2 Å². The predicted octanol–water partition coefficient (Wildman–Crippen LogP) is 4.08. The van der Waals surface area contributed by atoms with Crippen LogP contribution < -0.4 is 5.56 Å². The summed E-state index contributed by atoms with van der Waals surface area (Å²) in [4.78, 5) is 12.1. The Morgan fingerprint density at radius 2 is 1.75 bits per heavy atom. The van der Waals surface area contributed by atoms with E-state index in [9.17, 15) is 4.79 Å². The molecule has 24 heavy (non-hydrogen) atoms. The molecule has 2 heterocycles. The average molecular weight is 357 g/mol. The molecule has 7 heteroatoms. The molecule has 1 N–H and O–H groups in total. The van der Waals surface area contributed by atoms with E-state index < -0.39 is 0 Å². The predicted molar refractivity (Wildman–Crippen MR) is 94.9 cm³/mol. The van der Waals surface area contributed by atoms with E-state index in [0.29, 0.717) is 26.6 Å². The Hall–Kier alpha value is -2.63. The van der Waals surface area contributed by atoms with Crippen LogP contribution in [0, 0.1) is 0 Å². The van der Waals surface area contributed by atoms with Gasteiger partial charge in [-0.15, -0.1) is 0 Å². The number of fused-ring (bicyclic) bond motifs is 1. The third-order valence-electron chi connectivity index (χ3n) is 3.70. The molecule has 0 saturated heterocycles. The number of H-pyrrole nitrogens is 1. The number of nitrogens with one attached hydrogen (secondary N) is 1. The Morgan fingerprint density at radius 1 is 1.00 bits per heavy atom. The second-order valence-corrected chi connectivity index (χ2v) is 6.02. The molecule has 118 valence electrons. The number of para-hydroxylation sites is 1. The van der Waals surface area contributed by atoms with E-state index >= 15 is 0 Å². The van der Waals surface area contributed by atoms with Crippen molar-refractivity contribution in [1.82, 2.24) is 20.0 Å². The number of aromatic nitrogens is 4. The van der Waals surface area contributed by atoms with Crippen molar-refractivity contribution in [3.05, 3.63) is 75.1 Å². The highest BCUT2D eigenvalue weighted by molar-refractivity contribution is 6.32. The molecule has 0 atom stereocenters. The number of halogens is 2. The lowest BCUT2D eigenvalue weighted by molar-refractivity contribution is 0.898. The normalized spacial score (nSPS) is 11.1. The van der Waals surface area contributed by atoms with E-state index in [1.165, 1.54) is 0 Å². The molecule has 0 aliphatic heterocycles. The minimum atomic E-state index is -0.353. The first-order valence-electron chi connectivity index (χ1n) is 7.12. The molecular weight excluding hydrogens is 347 g/mol. The summed E-state index contributed by atoms with van der Waals surface area (Å²) < 4.78 is 1.66. The fourth-order valence-corrected chi connectivity index (χ4v) is 2.95. The Labute approximate surface area is 146 Å². The van der Waals surface area contributed by atoms with Gasteiger partial charge in [0.25, 0.3) is 5.56 Å². The number of hydrogen-bond donors (Lipinski definition) is 1. The quantitative estimate of drug-likeness (QED) is 0.588. The fraction of sp³-hybridized carbons (Fsp3) is 0. The SMILES string of the molecule is O=c1[nH]ncc2c(-c3ccc(Cl)cc3)n(-c3ccccc3Cl)nc12. The molecule has 0 amide bonds. The van der Waals surface area contributed by atoms with E-state index in [-0.39, 0.29) is 5.56 Å². The summed E-state index contributed by atoms with van der Waals surface area (Å²) in [7, 11) is 0. The summed E-state index contributed by atoms with van der Waals surface area (Å²) in [5.74, 6) is 0. The van der Waals surface area contributed by atoms with Crippen molar-refractivity contribution in [2.75, 3.05) is 0 Å². The Morgan fingerprint density at radius 3 is 2.50 bits per heavy atom. The standard InChI is InChI=1S/C17H10Cl2N4O/c18-11-7-5-10(6-8-11)16-12-9-20-21-17(24)15(12)22-23(16)14-4-2-1-3-13(14)19/h1-9H,(H,21,24). The van der Waals surface area contributed by atoms with Crippen LogP contribution in [-0.2, 0) is 0 Å². The number of rotatable bonds is 2.